The maximum absolute atomic E-state index is 10.4. The fourth-order valence-corrected chi connectivity index (χ4v) is 2.77. The average Bonchev–Trinajstić information content (AvgIpc) is 2.95. The van der Waals surface area contributed by atoms with Gasteiger partial charge in [0, 0.05) is 18.7 Å². The molecule has 0 bridgehead atoms. The highest BCUT2D eigenvalue weighted by molar-refractivity contribution is 7.08. The standard InChI is InChI=1S/C15H19NO3S/c1-15(18,12-6-7-20-9-12)10-16-8-11-4-3-5-13(19-2)14(11)17/h3-7,9,16-18H,8,10H2,1-2H3. The Kier molecular flexibility index (Phi) is 4.65. The third kappa shape index (κ3) is 3.30. The number of aliphatic hydroxyl groups is 1. The Balaban J connectivity index is 1.97. The summed E-state index contributed by atoms with van der Waals surface area (Å²) in [6.07, 6.45) is 0. The summed E-state index contributed by atoms with van der Waals surface area (Å²) in [6.45, 7) is 2.64. The molecule has 4 nitrogen and oxygen atoms in total. The summed E-state index contributed by atoms with van der Waals surface area (Å²) < 4.78 is 5.07. The second kappa shape index (κ2) is 6.26. The minimum absolute atomic E-state index is 0.137. The second-order valence-electron chi connectivity index (χ2n) is 4.86. The van der Waals surface area contributed by atoms with Crippen LogP contribution in [-0.2, 0) is 12.1 Å². The largest absolute Gasteiger partial charge is 0.504 e. The first kappa shape index (κ1) is 14.8. The monoisotopic (exact) mass is 293 g/mol. The van der Waals surface area contributed by atoms with Crippen molar-refractivity contribution in [1.82, 2.24) is 5.32 Å². The van der Waals surface area contributed by atoms with Gasteiger partial charge < -0.3 is 20.3 Å². The number of benzene rings is 1. The van der Waals surface area contributed by atoms with Gasteiger partial charge in [-0.3, -0.25) is 0 Å². The van der Waals surface area contributed by atoms with E-state index in [0.717, 1.165) is 11.1 Å². The van der Waals surface area contributed by atoms with E-state index in [4.69, 9.17) is 4.74 Å². The lowest BCUT2D eigenvalue weighted by atomic mass is 9.99. The summed E-state index contributed by atoms with van der Waals surface area (Å²) in [5.41, 5.74) is 0.712. The molecular formula is C15H19NO3S. The van der Waals surface area contributed by atoms with Crippen LogP contribution in [0.25, 0.3) is 0 Å². The maximum Gasteiger partial charge on any atom is 0.162 e. The second-order valence-corrected chi connectivity index (χ2v) is 5.64. The molecule has 5 heteroatoms. The molecule has 20 heavy (non-hydrogen) atoms. The van der Waals surface area contributed by atoms with Gasteiger partial charge in [-0.1, -0.05) is 12.1 Å². The summed E-state index contributed by atoms with van der Waals surface area (Å²) in [5, 5.41) is 27.4. The highest BCUT2D eigenvalue weighted by Crippen LogP contribution is 2.29. The van der Waals surface area contributed by atoms with E-state index in [0.29, 0.717) is 18.8 Å². The zero-order valence-electron chi connectivity index (χ0n) is 11.6. The first-order valence-electron chi connectivity index (χ1n) is 6.35. The van der Waals surface area contributed by atoms with Gasteiger partial charge >= 0.3 is 0 Å². The third-order valence-electron chi connectivity index (χ3n) is 3.23. The summed E-state index contributed by atoms with van der Waals surface area (Å²) in [4.78, 5) is 0. The van der Waals surface area contributed by atoms with Crippen molar-refractivity contribution in [2.45, 2.75) is 19.1 Å². The van der Waals surface area contributed by atoms with Crippen molar-refractivity contribution in [2.75, 3.05) is 13.7 Å². The minimum Gasteiger partial charge on any atom is -0.504 e. The quantitative estimate of drug-likeness (QED) is 0.765. The van der Waals surface area contributed by atoms with Crippen LogP contribution in [0.3, 0.4) is 0 Å². The van der Waals surface area contributed by atoms with Crippen LogP contribution in [0.2, 0.25) is 0 Å². The molecular weight excluding hydrogens is 274 g/mol. The van der Waals surface area contributed by atoms with Crippen LogP contribution in [-0.4, -0.2) is 23.9 Å². The number of phenols is 1. The van der Waals surface area contributed by atoms with Gasteiger partial charge in [0.1, 0.15) is 0 Å². The van der Waals surface area contributed by atoms with Crippen molar-refractivity contribution in [1.29, 1.82) is 0 Å². The van der Waals surface area contributed by atoms with Crippen molar-refractivity contribution >= 4 is 11.3 Å². The number of para-hydroxylation sites is 1. The Hall–Kier alpha value is -1.56. The van der Waals surface area contributed by atoms with Gasteiger partial charge in [-0.15, -0.1) is 0 Å². The number of rotatable bonds is 6. The van der Waals surface area contributed by atoms with E-state index in [1.165, 1.54) is 7.11 Å². The van der Waals surface area contributed by atoms with Crippen molar-refractivity contribution < 1.29 is 14.9 Å². The normalized spacial score (nSPS) is 13.9. The molecule has 0 aliphatic carbocycles. The predicted molar refractivity (Wildman–Crippen MR) is 80.3 cm³/mol. The van der Waals surface area contributed by atoms with Crippen LogP contribution < -0.4 is 10.1 Å². The molecule has 0 saturated carbocycles. The van der Waals surface area contributed by atoms with Crippen LogP contribution in [0.15, 0.2) is 35.0 Å². The Morgan fingerprint density at radius 3 is 2.80 bits per heavy atom. The molecule has 1 atom stereocenters. The van der Waals surface area contributed by atoms with Gasteiger partial charge in [0.15, 0.2) is 11.5 Å². The summed E-state index contributed by atoms with van der Waals surface area (Å²) in [5.74, 6) is 0.589. The Morgan fingerprint density at radius 1 is 1.35 bits per heavy atom. The number of nitrogens with one attached hydrogen (secondary N) is 1. The van der Waals surface area contributed by atoms with Crippen LogP contribution in [0.1, 0.15) is 18.1 Å². The lowest BCUT2D eigenvalue weighted by Crippen LogP contribution is -2.34. The van der Waals surface area contributed by atoms with E-state index in [1.54, 1.807) is 24.3 Å². The fourth-order valence-electron chi connectivity index (χ4n) is 1.99. The van der Waals surface area contributed by atoms with E-state index in [9.17, 15) is 10.2 Å². The molecule has 1 heterocycles. The summed E-state index contributed by atoms with van der Waals surface area (Å²) in [6, 6.07) is 7.27. The molecule has 0 aliphatic heterocycles. The van der Waals surface area contributed by atoms with Crippen molar-refractivity contribution in [3.63, 3.8) is 0 Å². The molecule has 1 unspecified atom stereocenters. The molecule has 108 valence electrons. The van der Waals surface area contributed by atoms with Gasteiger partial charge in [-0.05, 0) is 35.4 Å². The first-order chi connectivity index (χ1) is 9.54. The smallest absolute Gasteiger partial charge is 0.162 e. The minimum atomic E-state index is -0.922. The Morgan fingerprint density at radius 2 is 2.15 bits per heavy atom. The van der Waals surface area contributed by atoms with E-state index >= 15 is 0 Å². The first-order valence-corrected chi connectivity index (χ1v) is 7.29. The molecule has 1 aromatic heterocycles. The van der Waals surface area contributed by atoms with E-state index in [2.05, 4.69) is 5.32 Å². The van der Waals surface area contributed by atoms with Gasteiger partial charge in [0.25, 0.3) is 0 Å². The van der Waals surface area contributed by atoms with Crippen molar-refractivity contribution in [3.8, 4) is 11.5 Å². The molecule has 0 radical (unpaired) electrons. The highest BCUT2D eigenvalue weighted by atomic mass is 32.1. The molecule has 2 aromatic rings. The number of ether oxygens (including phenoxy) is 1. The SMILES string of the molecule is COc1cccc(CNCC(C)(O)c2ccsc2)c1O. The van der Waals surface area contributed by atoms with Gasteiger partial charge in [-0.2, -0.15) is 11.3 Å². The Labute approximate surface area is 122 Å². The van der Waals surface area contributed by atoms with Gasteiger partial charge in [-0.25, -0.2) is 0 Å². The fraction of sp³-hybridized carbons (Fsp3) is 0.333. The molecule has 0 amide bonds. The average molecular weight is 293 g/mol. The number of thiophene rings is 1. The Bertz CT molecular complexity index is 552. The zero-order valence-corrected chi connectivity index (χ0v) is 12.4. The van der Waals surface area contributed by atoms with Crippen LogP contribution in [0, 0.1) is 0 Å². The van der Waals surface area contributed by atoms with E-state index < -0.39 is 5.60 Å². The molecule has 0 saturated heterocycles. The van der Waals surface area contributed by atoms with E-state index in [-0.39, 0.29) is 5.75 Å². The molecule has 0 aliphatic rings. The number of hydrogen-bond acceptors (Lipinski definition) is 5. The molecule has 2 rings (SSSR count). The van der Waals surface area contributed by atoms with Crippen LogP contribution >= 0.6 is 11.3 Å². The molecule has 0 spiro atoms. The maximum atomic E-state index is 10.4. The van der Waals surface area contributed by atoms with Crippen LogP contribution in [0.5, 0.6) is 11.5 Å². The van der Waals surface area contributed by atoms with Crippen molar-refractivity contribution in [3.05, 3.63) is 46.2 Å². The summed E-state index contributed by atoms with van der Waals surface area (Å²) >= 11 is 1.56. The molecule has 0 fully saturated rings. The molecule has 1 aromatic carbocycles. The third-order valence-corrected chi connectivity index (χ3v) is 3.91. The van der Waals surface area contributed by atoms with Gasteiger partial charge in [0.05, 0.1) is 12.7 Å². The molecule has 3 N–H and O–H groups in total. The topological polar surface area (TPSA) is 61.7 Å². The van der Waals surface area contributed by atoms with Gasteiger partial charge in [0.2, 0.25) is 0 Å². The van der Waals surface area contributed by atoms with Crippen molar-refractivity contribution in [2.24, 2.45) is 0 Å². The number of aromatic hydroxyl groups is 1. The predicted octanol–water partition coefficient (Wildman–Crippen LogP) is 2.46. The highest BCUT2D eigenvalue weighted by Gasteiger charge is 2.23. The van der Waals surface area contributed by atoms with E-state index in [1.807, 2.05) is 29.0 Å². The van der Waals surface area contributed by atoms with Crippen LogP contribution in [0.4, 0.5) is 0 Å². The summed E-state index contributed by atoms with van der Waals surface area (Å²) in [7, 11) is 1.52. The number of phenolic OH excluding ortho intramolecular Hbond substituents is 1. The lowest BCUT2D eigenvalue weighted by molar-refractivity contribution is 0.0570. The zero-order chi connectivity index (χ0) is 14.6. The lowest BCUT2D eigenvalue weighted by Gasteiger charge is -2.23. The number of methoxy groups -OCH3 is 1. The number of hydrogen-bond donors (Lipinski definition) is 3.